The predicted octanol–water partition coefficient (Wildman–Crippen LogP) is 0.813. The molecule has 1 aromatic rings. The van der Waals surface area contributed by atoms with E-state index in [9.17, 15) is 0 Å². The van der Waals surface area contributed by atoms with Crippen LogP contribution in [0.15, 0.2) is 6.33 Å². The number of ether oxygens (including phenoxy) is 1. The second kappa shape index (κ2) is 5.41. The van der Waals surface area contributed by atoms with E-state index in [-0.39, 0.29) is 0 Å². The van der Waals surface area contributed by atoms with E-state index in [2.05, 4.69) is 29.2 Å². The van der Waals surface area contributed by atoms with Gasteiger partial charge in [-0.1, -0.05) is 0 Å². The molecule has 0 spiro atoms. The second-order valence-corrected chi connectivity index (χ2v) is 4.25. The van der Waals surface area contributed by atoms with Crippen molar-refractivity contribution in [1.29, 1.82) is 0 Å². The lowest BCUT2D eigenvalue weighted by Crippen LogP contribution is -2.27. The molecule has 1 aliphatic rings. The SMILES string of the molecule is CCn1ncnc1CNCC1CCOC1C. The molecule has 1 N–H and O–H groups in total. The van der Waals surface area contributed by atoms with E-state index >= 15 is 0 Å². The molecule has 0 aromatic carbocycles. The Labute approximate surface area is 96.2 Å². The van der Waals surface area contributed by atoms with E-state index in [1.807, 2.05) is 4.68 Å². The number of hydrogen-bond donors (Lipinski definition) is 1. The van der Waals surface area contributed by atoms with Gasteiger partial charge in [-0.05, 0) is 26.2 Å². The van der Waals surface area contributed by atoms with Crippen LogP contribution in [0.5, 0.6) is 0 Å². The van der Waals surface area contributed by atoms with Crippen LogP contribution in [0, 0.1) is 5.92 Å². The Hall–Kier alpha value is -0.940. The topological polar surface area (TPSA) is 52.0 Å². The summed E-state index contributed by atoms with van der Waals surface area (Å²) >= 11 is 0. The van der Waals surface area contributed by atoms with Crippen LogP contribution in [0.2, 0.25) is 0 Å². The third-order valence-corrected chi connectivity index (χ3v) is 3.22. The van der Waals surface area contributed by atoms with Crippen molar-refractivity contribution in [2.75, 3.05) is 13.2 Å². The van der Waals surface area contributed by atoms with Crippen LogP contribution in [0.25, 0.3) is 0 Å². The van der Waals surface area contributed by atoms with Crippen molar-refractivity contribution in [3.05, 3.63) is 12.2 Å². The molecule has 2 heterocycles. The smallest absolute Gasteiger partial charge is 0.140 e. The molecule has 2 unspecified atom stereocenters. The van der Waals surface area contributed by atoms with Gasteiger partial charge in [-0.15, -0.1) is 0 Å². The summed E-state index contributed by atoms with van der Waals surface area (Å²) in [5.41, 5.74) is 0. The molecule has 1 aromatic heterocycles. The first-order valence-electron chi connectivity index (χ1n) is 6.00. The minimum Gasteiger partial charge on any atom is -0.378 e. The summed E-state index contributed by atoms with van der Waals surface area (Å²) in [5.74, 6) is 1.65. The minimum atomic E-state index is 0.386. The first kappa shape index (κ1) is 11.5. The Kier molecular flexibility index (Phi) is 3.90. The van der Waals surface area contributed by atoms with Crippen molar-refractivity contribution < 1.29 is 4.74 Å². The maximum absolute atomic E-state index is 5.52. The zero-order valence-corrected chi connectivity index (χ0v) is 10.0. The third-order valence-electron chi connectivity index (χ3n) is 3.22. The molecule has 16 heavy (non-hydrogen) atoms. The van der Waals surface area contributed by atoms with Crippen molar-refractivity contribution in [3.8, 4) is 0 Å². The maximum Gasteiger partial charge on any atom is 0.140 e. The van der Waals surface area contributed by atoms with Crippen molar-refractivity contribution in [2.24, 2.45) is 5.92 Å². The fraction of sp³-hybridized carbons (Fsp3) is 0.818. The molecule has 2 atom stereocenters. The summed E-state index contributed by atoms with van der Waals surface area (Å²) in [6.45, 7) is 7.78. The van der Waals surface area contributed by atoms with Crippen molar-refractivity contribution in [2.45, 2.75) is 39.5 Å². The maximum atomic E-state index is 5.52. The summed E-state index contributed by atoms with van der Waals surface area (Å²) < 4.78 is 7.44. The normalized spacial score (nSPS) is 25.1. The molecule has 0 aliphatic carbocycles. The number of aryl methyl sites for hydroxylation is 1. The van der Waals surface area contributed by atoms with Gasteiger partial charge in [-0.2, -0.15) is 5.10 Å². The zero-order chi connectivity index (χ0) is 11.4. The first-order chi connectivity index (χ1) is 7.81. The Morgan fingerprint density at radius 2 is 2.50 bits per heavy atom. The molecule has 90 valence electrons. The van der Waals surface area contributed by atoms with Crippen LogP contribution in [0.3, 0.4) is 0 Å². The van der Waals surface area contributed by atoms with Crippen LogP contribution >= 0.6 is 0 Å². The van der Waals surface area contributed by atoms with Crippen LogP contribution in [-0.4, -0.2) is 34.0 Å². The highest BCUT2D eigenvalue weighted by molar-refractivity contribution is 4.84. The number of rotatable bonds is 5. The summed E-state index contributed by atoms with van der Waals surface area (Å²) in [5, 5.41) is 7.57. The van der Waals surface area contributed by atoms with Crippen LogP contribution in [-0.2, 0) is 17.8 Å². The summed E-state index contributed by atoms with van der Waals surface area (Å²) in [7, 11) is 0. The van der Waals surface area contributed by atoms with Gasteiger partial charge in [0.05, 0.1) is 12.6 Å². The van der Waals surface area contributed by atoms with E-state index in [1.54, 1.807) is 6.33 Å². The van der Waals surface area contributed by atoms with E-state index in [0.29, 0.717) is 12.0 Å². The predicted molar refractivity (Wildman–Crippen MR) is 60.9 cm³/mol. The van der Waals surface area contributed by atoms with E-state index in [4.69, 9.17) is 4.74 Å². The van der Waals surface area contributed by atoms with Gasteiger partial charge in [0.15, 0.2) is 0 Å². The highest BCUT2D eigenvalue weighted by Crippen LogP contribution is 2.19. The minimum absolute atomic E-state index is 0.386. The molecule has 1 fully saturated rings. The van der Waals surface area contributed by atoms with Crippen LogP contribution in [0.1, 0.15) is 26.1 Å². The fourth-order valence-corrected chi connectivity index (χ4v) is 2.10. The van der Waals surface area contributed by atoms with Gasteiger partial charge >= 0.3 is 0 Å². The molecule has 0 bridgehead atoms. The van der Waals surface area contributed by atoms with Crippen LogP contribution < -0.4 is 5.32 Å². The summed E-state index contributed by atoms with van der Waals surface area (Å²) in [4.78, 5) is 4.23. The molecule has 1 aliphatic heterocycles. The quantitative estimate of drug-likeness (QED) is 0.804. The summed E-state index contributed by atoms with van der Waals surface area (Å²) in [6.07, 6.45) is 3.16. The van der Waals surface area contributed by atoms with Crippen molar-refractivity contribution in [1.82, 2.24) is 20.1 Å². The monoisotopic (exact) mass is 224 g/mol. The third kappa shape index (κ3) is 2.59. The van der Waals surface area contributed by atoms with Crippen molar-refractivity contribution in [3.63, 3.8) is 0 Å². The van der Waals surface area contributed by atoms with Gasteiger partial charge in [-0.25, -0.2) is 9.67 Å². The van der Waals surface area contributed by atoms with Gasteiger partial charge < -0.3 is 10.1 Å². The highest BCUT2D eigenvalue weighted by atomic mass is 16.5. The van der Waals surface area contributed by atoms with Crippen LogP contribution in [0.4, 0.5) is 0 Å². The average Bonchev–Trinajstić information content (AvgIpc) is 2.88. The van der Waals surface area contributed by atoms with Gasteiger partial charge in [0.2, 0.25) is 0 Å². The molecule has 0 saturated carbocycles. The molecular formula is C11H20N4O. The molecule has 5 nitrogen and oxygen atoms in total. The van der Waals surface area contributed by atoms with Gasteiger partial charge in [0.1, 0.15) is 12.2 Å². The molecule has 0 radical (unpaired) electrons. The van der Waals surface area contributed by atoms with Gasteiger partial charge in [-0.3, -0.25) is 0 Å². The fourth-order valence-electron chi connectivity index (χ4n) is 2.10. The van der Waals surface area contributed by atoms with E-state index in [1.165, 1.54) is 0 Å². The lowest BCUT2D eigenvalue weighted by Gasteiger charge is -2.14. The largest absolute Gasteiger partial charge is 0.378 e. The summed E-state index contributed by atoms with van der Waals surface area (Å²) in [6, 6.07) is 0. The number of nitrogens with one attached hydrogen (secondary N) is 1. The standard InChI is InChI=1S/C11H20N4O/c1-3-15-11(13-8-14-15)7-12-6-10-4-5-16-9(10)2/h8-10,12H,3-7H2,1-2H3. The number of aromatic nitrogens is 3. The highest BCUT2D eigenvalue weighted by Gasteiger charge is 2.23. The molecule has 1 saturated heterocycles. The molecule has 0 amide bonds. The Morgan fingerprint density at radius 3 is 3.19 bits per heavy atom. The van der Waals surface area contributed by atoms with Crippen molar-refractivity contribution >= 4 is 0 Å². The average molecular weight is 224 g/mol. The number of hydrogen-bond acceptors (Lipinski definition) is 4. The Balaban J connectivity index is 1.75. The van der Waals surface area contributed by atoms with E-state index < -0.39 is 0 Å². The zero-order valence-electron chi connectivity index (χ0n) is 10.0. The van der Waals surface area contributed by atoms with Gasteiger partial charge in [0, 0.05) is 19.7 Å². The van der Waals surface area contributed by atoms with Gasteiger partial charge in [0.25, 0.3) is 0 Å². The first-order valence-corrected chi connectivity index (χ1v) is 6.00. The second-order valence-electron chi connectivity index (χ2n) is 4.25. The van der Waals surface area contributed by atoms with E-state index in [0.717, 1.165) is 38.5 Å². The molecule has 2 rings (SSSR count). The Morgan fingerprint density at radius 1 is 1.62 bits per heavy atom. The molecule has 5 heteroatoms. The lowest BCUT2D eigenvalue weighted by molar-refractivity contribution is 0.105. The number of nitrogens with zero attached hydrogens (tertiary/aromatic N) is 3. The molecular weight excluding hydrogens is 204 g/mol. The Bertz CT molecular complexity index is 326. The lowest BCUT2D eigenvalue weighted by atomic mass is 10.0.